The van der Waals surface area contributed by atoms with Crippen LogP contribution in [0.4, 0.5) is 15.0 Å². The summed E-state index contributed by atoms with van der Waals surface area (Å²) in [6.07, 6.45) is 3.09. The normalized spacial score (nSPS) is 22.3. The van der Waals surface area contributed by atoms with Crippen LogP contribution in [0.3, 0.4) is 0 Å². The van der Waals surface area contributed by atoms with Gasteiger partial charge in [0.15, 0.2) is 5.82 Å². The first-order chi connectivity index (χ1) is 18.3. The number of piperazine rings is 1. The number of carbonyl (C=O) groups is 2. The van der Waals surface area contributed by atoms with Crippen molar-refractivity contribution in [3.8, 4) is 0 Å². The average molecular weight is 517 g/mol. The molecule has 2 N–H and O–H groups in total. The van der Waals surface area contributed by atoms with Crippen LogP contribution in [0.15, 0.2) is 54.6 Å². The van der Waals surface area contributed by atoms with Crippen LogP contribution in [-0.2, 0) is 18.5 Å². The molecule has 4 heterocycles. The van der Waals surface area contributed by atoms with Crippen LogP contribution in [0, 0.1) is 5.82 Å². The van der Waals surface area contributed by atoms with Gasteiger partial charge in [0.05, 0.1) is 29.4 Å². The number of amides is 3. The summed E-state index contributed by atoms with van der Waals surface area (Å²) in [5, 5.41) is 10.1. The third-order valence-electron chi connectivity index (χ3n) is 8.40. The smallest absolute Gasteiger partial charge is 0.318 e. The molecule has 2 atom stereocenters. The van der Waals surface area contributed by atoms with E-state index < -0.39 is 17.3 Å². The van der Waals surface area contributed by atoms with Crippen LogP contribution in [-0.4, -0.2) is 68.6 Å². The first kappa shape index (κ1) is 24.6. The molecule has 0 spiro atoms. The maximum atomic E-state index is 14.2. The fourth-order valence-corrected chi connectivity index (χ4v) is 6.28. The highest BCUT2D eigenvalue weighted by molar-refractivity contribution is 6.04. The molecule has 0 radical (unpaired) electrons. The molecule has 1 aromatic heterocycles. The summed E-state index contributed by atoms with van der Waals surface area (Å²) in [4.78, 5) is 33.5. The van der Waals surface area contributed by atoms with E-state index in [0.717, 1.165) is 37.2 Å². The van der Waals surface area contributed by atoms with Crippen molar-refractivity contribution in [2.75, 3.05) is 25.0 Å². The number of carbonyl (C=O) groups excluding carboxylic acids is 2. The fraction of sp³-hybridized carbons (Fsp3) is 0.414. The lowest BCUT2D eigenvalue weighted by Crippen LogP contribution is -2.62. The molecule has 8 nitrogen and oxygen atoms in total. The lowest BCUT2D eigenvalue weighted by Gasteiger charge is -2.46. The number of aromatic amines is 1. The topological polar surface area (TPSA) is 84.6 Å². The van der Waals surface area contributed by atoms with Crippen molar-refractivity contribution in [3.63, 3.8) is 0 Å². The Bertz CT molecular complexity index is 1360. The number of H-pyrrole nitrogens is 1. The van der Waals surface area contributed by atoms with Crippen molar-refractivity contribution in [2.24, 2.45) is 0 Å². The molecule has 198 valence electrons. The number of benzene rings is 2. The molecule has 3 aliphatic rings. The molecule has 2 fully saturated rings. The molecular weight excluding hydrogens is 483 g/mol. The van der Waals surface area contributed by atoms with E-state index in [1.807, 2.05) is 36.9 Å². The van der Waals surface area contributed by atoms with Gasteiger partial charge in [0.1, 0.15) is 5.82 Å². The van der Waals surface area contributed by atoms with E-state index in [9.17, 15) is 14.0 Å². The number of anilines is 1. The molecule has 3 amide bonds. The average Bonchev–Trinajstić information content (AvgIpc) is 3.60. The van der Waals surface area contributed by atoms with E-state index in [1.54, 1.807) is 12.1 Å². The number of hydrogen-bond acceptors (Lipinski definition) is 4. The number of rotatable bonds is 4. The van der Waals surface area contributed by atoms with Crippen molar-refractivity contribution in [2.45, 2.75) is 57.3 Å². The maximum absolute atomic E-state index is 14.2. The summed E-state index contributed by atoms with van der Waals surface area (Å²) in [5.74, 6) is -0.830. The summed E-state index contributed by atoms with van der Waals surface area (Å²) >= 11 is 0. The van der Waals surface area contributed by atoms with Crippen molar-refractivity contribution < 1.29 is 14.0 Å². The maximum Gasteiger partial charge on any atom is 0.321 e. The minimum absolute atomic E-state index is 0.00142. The Morgan fingerprint density at radius 3 is 2.66 bits per heavy atom. The Morgan fingerprint density at radius 1 is 1.11 bits per heavy atom. The predicted molar refractivity (Wildman–Crippen MR) is 142 cm³/mol. The van der Waals surface area contributed by atoms with Crippen molar-refractivity contribution >= 4 is 17.8 Å². The molecule has 38 heavy (non-hydrogen) atoms. The van der Waals surface area contributed by atoms with Crippen LogP contribution in [0.5, 0.6) is 0 Å². The Morgan fingerprint density at radius 2 is 1.87 bits per heavy atom. The summed E-state index contributed by atoms with van der Waals surface area (Å²) in [6.45, 7) is 6.98. The third kappa shape index (κ3) is 4.24. The monoisotopic (exact) mass is 516 g/mol. The van der Waals surface area contributed by atoms with Crippen LogP contribution in [0.25, 0.3) is 0 Å². The Kier molecular flexibility index (Phi) is 6.18. The second-order valence-corrected chi connectivity index (χ2v) is 11.1. The molecule has 0 aliphatic carbocycles. The predicted octanol–water partition coefficient (Wildman–Crippen LogP) is 4.36. The first-order valence-corrected chi connectivity index (χ1v) is 13.3. The highest BCUT2D eigenvalue weighted by Crippen LogP contribution is 2.42. The molecule has 2 aromatic carbocycles. The van der Waals surface area contributed by atoms with Crippen LogP contribution >= 0.6 is 0 Å². The molecule has 3 aromatic rings. The largest absolute Gasteiger partial charge is 0.321 e. The van der Waals surface area contributed by atoms with Gasteiger partial charge in [-0.1, -0.05) is 42.5 Å². The van der Waals surface area contributed by atoms with Gasteiger partial charge < -0.3 is 15.1 Å². The molecule has 3 aliphatic heterocycles. The van der Waals surface area contributed by atoms with E-state index in [-0.39, 0.29) is 17.6 Å². The molecule has 0 saturated carbocycles. The lowest BCUT2D eigenvalue weighted by atomic mass is 9.99. The quantitative estimate of drug-likeness (QED) is 0.540. The number of halogens is 1. The van der Waals surface area contributed by atoms with E-state index >= 15 is 0 Å². The molecular formula is C29H33FN6O2. The number of nitrogens with zero attached hydrogens (tertiary/aromatic N) is 4. The van der Waals surface area contributed by atoms with Crippen molar-refractivity contribution in [1.29, 1.82) is 0 Å². The zero-order chi connectivity index (χ0) is 26.4. The van der Waals surface area contributed by atoms with Gasteiger partial charge in [-0.3, -0.25) is 14.8 Å². The summed E-state index contributed by atoms with van der Waals surface area (Å²) < 4.78 is 14.2. The molecule has 0 bridgehead atoms. The van der Waals surface area contributed by atoms with Gasteiger partial charge in [-0.15, -0.1) is 0 Å². The van der Waals surface area contributed by atoms with Crippen LogP contribution in [0.2, 0.25) is 0 Å². The third-order valence-corrected chi connectivity index (χ3v) is 8.40. The van der Waals surface area contributed by atoms with Gasteiger partial charge in [0.25, 0.3) is 5.91 Å². The van der Waals surface area contributed by atoms with Gasteiger partial charge in [0.2, 0.25) is 0 Å². The van der Waals surface area contributed by atoms with Crippen molar-refractivity contribution in [1.82, 2.24) is 24.9 Å². The molecule has 9 heteroatoms. The second kappa shape index (κ2) is 9.54. The van der Waals surface area contributed by atoms with E-state index in [2.05, 4.69) is 37.4 Å². The van der Waals surface area contributed by atoms with Gasteiger partial charge in [-0.05, 0) is 57.4 Å². The van der Waals surface area contributed by atoms with Crippen LogP contribution in [0.1, 0.15) is 53.9 Å². The Balaban J connectivity index is 1.24. The minimum Gasteiger partial charge on any atom is -0.318 e. The Hall–Kier alpha value is -3.72. The summed E-state index contributed by atoms with van der Waals surface area (Å²) in [7, 11) is 0. The SMILES string of the molecule is CC1(C)c2[nH]nc(NC(=O)c3ccccc3F)c2CN1C(=O)N1C[C@@H]2CCCN2C[C@@H]1Cc1ccccc1. The van der Waals surface area contributed by atoms with E-state index in [0.29, 0.717) is 24.9 Å². The number of hydrogen-bond donors (Lipinski definition) is 2. The standard InChI is InChI=1S/C29H33FN6O2/c1-29(2)25-23(26(33-32-25)31-27(37)22-12-6-7-13-24(22)30)18-36(29)28(38)35-17-20-11-8-14-34(20)16-21(35)15-19-9-4-3-5-10-19/h3-7,9-10,12-13,20-21H,8,11,14-18H2,1-2H3,(H2,31,32,33,37)/t20-,21-/m0/s1. The lowest BCUT2D eigenvalue weighted by molar-refractivity contribution is 0.0400. The second-order valence-electron chi connectivity index (χ2n) is 11.1. The fourth-order valence-electron chi connectivity index (χ4n) is 6.28. The van der Waals surface area contributed by atoms with Gasteiger partial charge in [-0.2, -0.15) is 5.10 Å². The van der Waals surface area contributed by atoms with E-state index in [1.165, 1.54) is 24.1 Å². The van der Waals surface area contributed by atoms with Gasteiger partial charge in [-0.25, -0.2) is 9.18 Å². The van der Waals surface area contributed by atoms with Gasteiger partial charge >= 0.3 is 6.03 Å². The molecule has 0 unspecified atom stereocenters. The zero-order valence-corrected chi connectivity index (χ0v) is 21.8. The number of urea groups is 1. The number of nitrogens with one attached hydrogen (secondary N) is 2. The molecule has 6 rings (SSSR count). The first-order valence-electron chi connectivity index (χ1n) is 13.3. The van der Waals surface area contributed by atoms with Crippen LogP contribution < -0.4 is 5.32 Å². The summed E-state index contributed by atoms with van der Waals surface area (Å²) in [5.41, 5.74) is 2.07. The zero-order valence-electron chi connectivity index (χ0n) is 21.8. The number of aromatic nitrogens is 2. The minimum atomic E-state index is -0.648. The molecule has 2 saturated heterocycles. The summed E-state index contributed by atoms with van der Waals surface area (Å²) in [6, 6.07) is 16.7. The number of fused-ring (bicyclic) bond motifs is 2. The van der Waals surface area contributed by atoms with Gasteiger partial charge in [0, 0.05) is 24.7 Å². The Labute approximate surface area is 221 Å². The van der Waals surface area contributed by atoms with Crippen molar-refractivity contribution in [3.05, 3.63) is 82.8 Å². The van der Waals surface area contributed by atoms with E-state index in [4.69, 9.17) is 0 Å². The highest BCUT2D eigenvalue weighted by atomic mass is 19.1. The highest BCUT2D eigenvalue weighted by Gasteiger charge is 2.48.